The molecule has 90 valence electrons. The lowest BCUT2D eigenvalue weighted by atomic mass is 10.2. The molecular weight excluding hydrogens is 202 g/mol. The number of para-hydroxylation sites is 1. The van der Waals surface area contributed by atoms with Crippen molar-refractivity contribution in [2.45, 2.75) is 32.9 Å². The maximum Gasteiger partial charge on any atom is 0.124 e. The van der Waals surface area contributed by atoms with Gasteiger partial charge in [0.2, 0.25) is 0 Å². The lowest BCUT2D eigenvalue weighted by Gasteiger charge is -2.14. The molecule has 0 saturated carbocycles. The molecule has 3 heteroatoms. The van der Waals surface area contributed by atoms with E-state index in [1.165, 1.54) is 0 Å². The molecule has 0 saturated heterocycles. The lowest BCUT2D eigenvalue weighted by Crippen LogP contribution is -2.17. The summed E-state index contributed by atoms with van der Waals surface area (Å²) in [6.45, 7) is 5.89. The van der Waals surface area contributed by atoms with Gasteiger partial charge >= 0.3 is 0 Å². The molecule has 1 rings (SSSR count). The molecule has 0 aliphatic carbocycles. The van der Waals surface area contributed by atoms with Gasteiger partial charge in [0.25, 0.3) is 0 Å². The summed E-state index contributed by atoms with van der Waals surface area (Å²) in [5.74, 6) is 0.939. The van der Waals surface area contributed by atoms with Crippen molar-refractivity contribution < 1.29 is 9.84 Å². The molecule has 3 nitrogen and oxygen atoms in total. The zero-order valence-corrected chi connectivity index (χ0v) is 10.1. The lowest BCUT2D eigenvalue weighted by molar-refractivity contribution is 0.239. The normalized spacial score (nSPS) is 10.8. The Balaban J connectivity index is 2.50. The van der Waals surface area contributed by atoms with E-state index < -0.39 is 0 Å². The summed E-state index contributed by atoms with van der Waals surface area (Å²) < 4.78 is 5.71. The van der Waals surface area contributed by atoms with Gasteiger partial charge in [0.1, 0.15) is 5.75 Å². The number of aliphatic hydroxyl groups is 1. The third-order valence-electron chi connectivity index (χ3n) is 2.16. The number of rotatable bonds is 7. The van der Waals surface area contributed by atoms with E-state index >= 15 is 0 Å². The Morgan fingerprint density at radius 1 is 1.31 bits per heavy atom. The van der Waals surface area contributed by atoms with Gasteiger partial charge < -0.3 is 15.2 Å². The summed E-state index contributed by atoms with van der Waals surface area (Å²) in [6.07, 6.45) is 0.978. The molecule has 0 spiro atoms. The second-order valence-corrected chi connectivity index (χ2v) is 4.03. The van der Waals surface area contributed by atoms with Crippen LogP contribution in [-0.4, -0.2) is 24.4 Å². The maximum atomic E-state index is 8.67. The highest BCUT2D eigenvalue weighted by molar-refractivity contribution is 5.33. The van der Waals surface area contributed by atoms with Crippen LogP contribution < -0.4 is 10.1 Å². The summed E-state index contributed by atoms with van der Waals surface area (Å²) in [6, 6.07) is 8.04. The predicted octanol–water partition coefficient (Wildman–Crippen LogP) is 1.95. The number of ether oxygens (including phenoxy) is 1. The molecule has 0 bridgehead atoms. The number of hydrogen-bond acceptors (Lipinski definition) is 3. The summed E-state index contributed by atoms with van der Waals surface area (Å²) in [7, 11) is 0. The zero-order chi connectivity index (χ0) is 11.8. The molecule has 0 radical (unpaired) electrons. The summed E-state index contributed by atoms with van der Waals surface area (Å²) in [4.78, 5) is 0. The van der Waals surface area contributed by atoms with Crippen LogP contribution in [0, 0.1) is 0 Å². The van der Waals surface area contributed by atoms with Crippen LogP contribution in [0.4, 0.5) is 0 Å². The van der Waals surface area contributed by atoms with Crippen molar-refractivity contribution in [3.8, 4) is 5.75 Å². The van der Waals surface area contributed by atoms with Gasteiger partial charge in [0, 0.05) is 18.7 Å². The number of aliphatic hydroxyl groups excluding tert-OH is 1. The fourth-order valence-corrected chi connectivity index (χ4v) is 1.45. The van der Waals surface area contributed by atoms with Gasteiger partial charge in [-0.2, -0.15) is 0 Å². The average Bonchev–Trinajstić information content (AvgIpc) is 2.26. The minimum absolute atomic E-state index is 0.193. The average molecular weight is 223 g/mol. The highest BCUT2D eigenvalue weighted by Crippen LogP contribution is 2.18. The Labute approximate surface area is 97.4 Å². The van der Waals surface area contributed by atoms with E-state index in [1.54, 1.807) is 0 Å². The molecule has 1 aromatic rings. The highest BCUT2D eigenvalue weighted by Gasteiger charge is 2.03. The number of benzene rings is 1. The van der Waals surface area contributed by atoms with Gasteiger partial charge in [0.05, 0.1) is 6.10 Å². The van der Waals surface area contributed by atoms with Gasteiger partial charge in [-0.05, 0) is 32.9 Å². The topological polar surface area (TPSA) is 41.5 Å². The van der Waals surface area contributed by atoms with E-state index in [9.17, 15) is 0 Å². The first kappa shape index (κ1) is 13.0. The first-order valence-corrected chi connectivity index (χ1v) is 5.80. The van der Waals surface area contributed by atoms with E-state index in [4.69, 9.17) is 9.84 Å². The van der Waals surface area contributed by atoms with Crippen LogP contribution in [0.15, 0.2) is 24.3 Å². The Hall–Kier alpha value is -1.06. The van der Waals surface area contributed by atoms with Crippen molar-refractivity contribution in [2.24, 2.45) is 0 Å². The van der Waals surface area contributed by atoms with Gasteiger partial charge in [-0.15, -0.1) is 0 Å². The standard InChI is InChI=1S/C13H21NO2/c1-11(2)16-13-7-4-3-6-12(13)10-14-8-5-9-15/h3-4,6-7,11,14-15H,5,8-10H2,1-2H3. The molecule has 0 amide bonds. The van der Waals surface area contributed by atoms with E-state index in [-0.39, 0.29) is 12.7 Å². The first-order chi connectivity index (χ1) is 7.74. The molecule has 0 fully saturated rings. The Morgan fingerprint density at radius 3 is 2.75 bits per heavy atom. The minimum Gasteiger partial charge on any atom is -0.491 e. The van der Waals surface area contributed by atoms with Crippen LogP contribution in [0.3, 0.4) is 0 Å². The highest BCUT2D eigenvalue weighted by atomic mass is 16.5. The minimum atomic E-state index is 0.193. The van der Waals surface area contributed by atoms with E-state index in [2.05, 4.69) is 11.4 Å². The molecule has 0 heterocycles. The van der Waals surface area contributed by atoms with Crippen LogP contribution >= 0.6 is 0 Å². The van der Waals surface area contributed by atoms with Crippen LogP contribution in [0.1, 0.15) is 25.8 Å². The monoisotopic (exact) mass is 223 g/mol. The summed E-state index contributed by atoms with van der Waals surface area (Å²) >= 11 is 0. The molecule has 2 N–H and O–H groups in total. The maximum absolute atomic E-state index is 8.67. The smallest absolute Gasteiger partial charge is 0.124 e. The summed E-state index contributed by atoms with van der Waals surface area (Å²) in [5, 5.41) is 11.9. The van der Waals surface area contributed by atoms with E-state index in [1.807, 2.05) is 32.0 Å². The Bertz CT molecular complexity index is 300. The summed E-state index contributed by atoms with van der Waals surface area (Å²) in [5.41, 5.74) is 1.16. The molecule has 0 aliphatic heterocycles. The quantitative estimate of drug-likeness (QED) is 0.694. The first-order valence-electron chi connectivity index (χ1n) is 5.80. The van der Waals surface area contributed by atoms with E-state index in [0.29, 0.717) is 0 Å². The molecule has 0 atom stereocenters. The van der Waals surface area contributed by atoms with Crippen LogP contribution in [0.25, 0.3) is 0 Å². The van der Waals surface area contributed by atoms with Crippen molar-refractivity contribution in [2.75, 3.05) is 13.2 Å². The fourth-order valence-electron chi connectivity index (χ4n) is 1.45. The second kappa shape index (κ2) is 7.25. The predicted molar refractivity (Wildman–Crippen MR) is 65.6 cm³/mol. The largest absolute Gasteiger partial charge is 0.491 e. The van der Waals surface area contributed by atoms with Crippen molar-refractivity contribution in [3.05, 3.63) is 29.8 Å². The van der Waals surface area contributed by atoms with Crippen molar-refractivity contribution >= 4 is 0 Å². The van der Waals surface area contributed by atoms with Crippen LogP contribution in [0.2, 0.25) is 0 Å². The van der Waals surface area contributed by atoms with Gasteiger partial charge in [0.15, 0.2) is 0 Å². The van der Waals surface area contributed by atoms with Gasteiger partial charge in [-0.3, -0.25) is 0 Å². The molecule has 0 unspecified atom stereocenters. The van der Waals surface area contributed by atoms with Gasteiger partial charge in [-0.1, -0.05) is 18.2 Å². The second-order valence-electron chi connectivity index (χ2n) is 4.03. The molecule has 1 aromatic carbocycles. The number of nitrogens with one attached hydrogen (secondary N) is 1. The third kappa shape index (κ3) is 4.64. The van der Waals surface area contributed by atoms with Crippen molar-refractivity contribution in [1.82, 2.24) is 5.32 Å². The Morgan fingerprint density at radius 2 is 2.06 bits per heavy atom. The Kier molecular flexibility index (Phi) is 5.90. The molecule has 0 aromatic heterocycles. The van der Waals surface area contributed by atoms with Crippen molar-refractivity contribution in [3.63, 3.8) is 0 Å². The van der Waals surface area contributed by atoms with Crippen molar-refractivity contribution in [1.29, 1.82) is 0 Å². The number of hydrogen-bond donors (Lipinski definition) is 2. The van der Waals surface area contributed by atoms with Gasteiger partial charge in [-0.25, -0.2) is 0 Å². The molecular formula is C13H21NO2. The SMILES string of the molecule is CC(C)Oc1ccccc1CNCCCO. The molecule has 0 aliphatic rings. The van der Waals surface area contributed by atoms with E-state index in [0.717, 1.165) is 30.8 Å². The third-order valence-corrected chi connectivity index (χ3v) is 2.16. The zero-order valence-electron chi connectivity index (χ0n) is 10.1. The molecule has 16 heavy (non-hydrogen) atoms. The van der Waals surface area contributed by atoms with Crippen LogP contribution in [0.5, 0.6) is 5.75 Å². The fraction of sp³-hybridized carbons (Fsp3) is 0.538. The van der Waals surface area contributed by atoms with Crippen LogP contribution in [-0.2, 0) is 6.54 Å².